The first kappa shape index (κ1) is 20.9. The number of hydrogen-bond donors (Lipinski definition) is 1. The van der Waals surface area contributed by atoms with Crippen molar-refractivity contribution in [3.05, 3.63) is 59.7 Å². The molecule has 1 saturated carbocycles. The van der Waals surface area contributed by atoms with Crippen molar-refractivity contribution >= 4 is 11.7 Å². The maximum Gasteiger partial charge on any atom is 0.321 e. The predicted molar refractivity (Wildman–Crippen MR) is 127 cm³/mol. The van der Waals surface area contributed by atoms with Crippen LogP contribution in [0.1, 0.15) is 42.7 Å². The molecule has 2 aliphatic heterocycles. The van der Waals surface area contributed by atoms with Gasteiger partial charge in [0.2, 0.25) is 0 Å². The van der Waals surface area contributed by atoms with Crippen LogP contribution in [-0.2, 0) is 0 Å². The monoisotopic (exact) mass is 429 g/mol. The highest BCUT2D eigenvalue weighted by Crippen LogP contribution is 2.36. The molecule has 3 aliphatic rings. The van der Waals surface area contributed by atoms with Crippen LogP contribution in [0.25, 0.3) is 0 Å². The van der Waals surface area contributed by atoms with Gasteiger partial charge in [-0.2, -0.15) is 0 Å². The first-order valence-corrected chi connectivity index (χ1v) is 11.7. The molecule has 5 rings (SSSR count). The SMILES string of the molecule is COc1ccc(NC(=O)N2CCCCN3C[C@H](c4ccc(C#CC5CC5)cc4)[C@@H]3C2)cc1. The van der Waals surface area contributed by atoms with Gasteiger partial charge in [-0.1, -0.05) is 24.0 Å². The normalized spacial score (nSPS) is 23.0. The molecule has 0 radical (unpaired) electrons. The summed E-state index contributed by atoms with van der Waals surface area (Å²) in [6.45, 7) is 3.76. The van der Waals surface area contributed by atoms with Gasteiger partial charge in [0.25, 0.3) is 0 Å². The van der Waals surface area contributed by atoms with E-state index in [1.165, 1.54) is 18.4 Å². The Morgan fingerprint density at radius 2 is 1.75 bits per heavy atom. The van der Waals surface area contributed by atoms with Gasteiger partial charge in [-0.05, 0) is 74.2 Å². The standard InChI is InChI=1S/C27H31N3O2/c1-32-24-14-12-23(13-15-24)28-27(31)30-17-3-2-16-29-18-25(26(29)19-30)22-10-8-21(9-11-22)7-6-20-4-5-20/h8-15,20,25-26H,2-5,16-19H2,1H3,(H,28,31)/t25-,26+/m1/s1. The van der Waals surface area contributed by atoms with E-state index >= 15 is 0 Å². The van der Waals surface area contributed by atoms with Gasteiger partial charge in [0.05, 0.1) is 7.11 Å². The lowest BCUT2D eigenvalue weighted by atomic mass is 9.81. The number of fused-ring (bicyclic) bond motifs is 1. The van der Waals surface area contributed by atoms with Gasteiger partial charge < -0.3 is 15.0 Å². The maximum atomic E-state index is 13.0. The third-order valence-electron chi connectivity index (χ3n) is 6.86. The topological polar surface area (TPSA) is 44.8 Å². The minimum absolute atomic E-state index is 0.0200. The molecule has 3 fully saturated rings. The number of carbonyl (C=O) groups excluding carboxylic acids is 1. The fraction of sp³-hybridized carbons (Fsp3) is 0.444. The molecule has 2 saturated heterocycles. The minimum Gasteiger partial charge on any atom is -0.497 e. The summed E-state index contributed by atoms with van der Waals surface area (Å²) in [5.41, 5.74) is 3.26. The van der Waals surface area contributed by atoms with Crippen LogP contribution in [0.4, 0.5) is 10.5 Å². The van der Waals surface area contributed by atoms with Crippen LogP contribution in [0.2, 0.25) is 0 Å². The van der Waals surface area contributed by atoms with Crippen molar-refractivity contribution in [2.45, 2.75) is 37.6 Å². The minimum atomic E-state index is -0.0200. The Labute approximate surface area is 190 Å². The second-order valence-electron chi connectivity index (χ2n) is 9.15. The molecule has 166 valence electrons. The van der Waals surface area contributed by atoms with Crippen molar-refractivity contribution in [2.24, 2.45) is 5.92 Å². The number of urea groups is 1. The van der Waals surface area contributed by atoms with E-state index in [1.54, 1.807) is 7.11 Å². The van der Waals surface area contributed by atoms with Crippen LogP contribution in [0.5, 0.6) is 5.75 Å². The van der Waals surface area contributed by atoms with Crippen LogP contribution in [0.15, 0.2) is 48.5 Å². The number of methoxy groups -OCH3 is 1. The fourth-order valence-electron chi connectivity index (χ4n) is 4.68. The molecule has 5 nitrogen and oxygen atoms in total. The number of benzene rings is 2. The molecule has 2 aromatic rings. The number of anilines is 1. The Balaban J connectivity index is 1.24. The Kier molecular flexibility index (Phi) is 6.05. The number of hydrogen-bond acceptors (Lipinski definition) is 3. The van der Waals surface area contributed by atoms with Crippen molar-refractivity contribution < 1.29 is 9.53 Å². The predicted octanol–water partition coefficient (Wildman–Crippen LogP) is 4.55. The summed E-state index contributed by atoms with van der Waals surface area (Å²) in [5.74, 6) is 8.52. The molecular weight excluding hydrogens is 398 g/mol. The molecule has 0 bridgehead atoms. The van der Waals surface area contributed by atoms with Gasteiger partial charge in [-0.25, -0.2) is 4.79 Å². The molecular formula is C27H31N3O2. The summed E-state index contributed by atoms with van der Waals surface area (Å²) in [4.78, 5) is 17.6. The van der Waals surface area contributed by atoms with Crippen molar-refractivity contribution in [3.8, 4) is 17.6 Å². The molecule has 0 spiro atoms. The number of nitrogens with zero attached hydrogens (tertiary/aromatic N) is 2. The number of amides is 2. The number of nitrogens with one attached hydrogen (secondary N) is 1. The largest absolute Gasteiger partial charge is 0.497 e. The van der Waals surface area contributed by atoms with Gasteiger partial charge in [0, 0.05) is 48.8 Å². The van der Waals surface area contributed by atoms with Crippen LogP contribution < -0.4 is 10.1 Å². The van der Waals surface area contributed by atoms with E-state index in [4.69, 9.17) is 4.74 Å². The molecule has 0 aromatic heterocycles. The van der Waals surface area contributed by atoms with Crippen LogP contribution in [0, 0.1) is 17.8 Å². The summed E-state index contributed by atoms with van der Waals surface area (Å²) in [6, 6.07) is 16.6. The van der Waals surface area contributed by atoms with Gasteiger partial charge in [-0.15, -0.1) is 0 Å². The van der Waals surface area contributed by atoms with E-state index in [9.17, 15) is 4.79 Å². The number of carbonyl (C=O) groups is 1. The lowest BCUT2D eigenvalue weighted by molar-refractivity contribution is 0.0272. The summed E-state index contributed by atoms with van der Waals surface area (Å²) in [7, 11) is 1.64. The lowest BCUT2D eigenvalue weighted by Gasteiger charge is -2.51. The molecule has 1 N–H and O–H groups in total. The third-order valence-corrected chi connectivity index (χ3v) is 6.86. The molecule has 2 heterocycles. The Morgan fingerprint density at radius 1 is 1.00 bits per heavy atom. The van der Waals surface area contributed by atoms with Crippen molar-refractivity contribution in [2.75, 3.05) is 38.6 Å². The van der Waals surface area contributed by atoms with Crippen molar-refractivity contribution in [3.63, 3.8) is 0 Å². The van der Waals surface area contributed by atoms with Gasteiger partial charge in [-0.3, -0.25) is 4.90 Å². The average molecular weight is 430 g/mol. The molecule has 2 aromatic carbocycles. The zero-order valence-corrected chi connectivity index (χ0v) is 18.7. The first-order valence-electron chi connectivity index (χ1n) is 11.7. The van der Waals surface area contributed by atoms with E-state index in [-0.39, 0.29) is 6.03 Å². The van der Waals surface area contributed by atoms with Crippen LogP contribution >= 0.6 is 0 Å². The highest BCUT2D eigenvalue weighted by Gasteiger charge is 2.41. The highest BCUT2D eigenvalue weighted by atomic mass is 16.5. The van der Waals surface area contributed by atoms with Gasteiger partial charge >= 0.3 is 6.03 Å². The molecule has 0 unspecified atom stereocenters. The van der Waals surface area contributed by atoms with Crippen LogP contribution in [-0.4, -0.2) is 55.2 Å². The second kappa shape index (κ2) is 9.26. The Morgan fingerprint density at radius 3 is 2.47 bits per heavy atom. The summed E-state index contributed by atoms with van der Waals surface area (Å²) in [5, 5.41) is 3.06. The first-order chi connectivity index (χ1) is 15.7. The van der Waals surface area contributed by atoms with Crippen molar-refractivity contribution in [1.29, 1.82) is 0 Å². The number of ether oxygens (including phenoxy) is 1. The van der Waals surface area contributed by atoms with Gasteiger partial charge in [0.15, 0.2) is 0 Å². The number of rotatable bonds is 3. The molecule has 5 heteroatoms. The fourth-order valence-corrected chi connectivity index (χ4v) is 4.68. The zero-order chi connectivity index (χ0) is 21.9. The van der Waals surface area contributed by atoms with E-state index in [2.05, 4.69) is 46.3 Å². The van der Waals surface area contributed by atoms with E-state index in [0.717, 1.165) is 56.0 Å². The molecule has 2 atom stereocenters. The average Bonchev–Trinajstić information content (AvgIpc) is 3.63. The smallest absolute Gasteiger partial charge is 0.321 e. The molecule has 1 aliphatic carbocycles. The highest BCUT2D eigenvalue weighted by molar-refractivity contribution is 5.89. The van der Waals surface area contributed by atoms with Crippen molar-refractivity contribution in [1.82, 2.24) is 9.80 Å². The van der Waals surface area contributed by atoms with E-state index < -0.39 is 0 Å². The summed E-state index contributed by atoms with van der Waals surface area (Å²) < 4.78 is 5.21. The Bertz CT molecular complexity index is 1000. The summed E-state index contributed by atoms with van der Waals surface area (Å²) >= 11 is 0. The Hall–Kier alpha value is -2.97. The van der Waals surface area contributed by atoms with E-state index in [0.29, 0.717) is 17.9 Å². The molecule has 32 heavy (non-hydrogen) atoms. The lowest BCUT2D eigenvalue weighted by Crippen LogP contribution is -2.61. The van der Waals surface area contributed by atoms with Gasteiger partial charge in [0.1, 0.15) is 5.75 Å². The second-order valence-corrected chi connectivity index (χ2v) is 9.15. The van der Waals surface area contributed by atoms with E-state index in [1.807, 2.05) is 29.2 Å². The third kappa shape index (κ3) is 4.76. The molecule has 2 amide bonds. The quantitative estimate of drug-likeness (QED) is 0.728. The summed E-state index contributed by atoms with van der Waals surface area (Å²) in [6.07, 6.45) is 4.68. The van der Waals surface area contributed by atoms with Crippen LogP contribution in [0.3, 0.4) is 0 Å². The maximum absolute atomic E-state index is 13.0. The zero-order valence-electron chi connectivity index (χ0n) is 18.7.